The number of nitrogens with zero attached hydrogens (tertiary/aromatic N) is 4. The maximum Gasteiger partial charge on any atom is 0.251 e. The first kappa shape index (κ1) is 21.7. The van der Waals surface area contributed by atoms with Crippen molar-refractivity contribution < 1.29 is 9.50 Å². The van der Waals surface area contributed by atoms with Crippen LogP contribution in [0.25, 0.3) is 22.0 Å². The highest BCUT2D eigenvalue weighted by Gasteiger charge is 2.39. The van der Waals surface area contributed by atoms with Crippen LogP contribution in [-0.4, -0.2) is 24.4 Å². The van der Waals surface area contributed by atoms with Crippen LogP contribution in [0.2, 0.25) is 5.02 Å². The zero-order valence-corrected chi connectivity index (χ0v) is 19.5. The molecule has 3 heterocycles. The Morgan fingerprint density at radius 3 is 2.57 bits per heavy atom. The summed E-state index contributed by atoms with van der Waals surface area (Å²) in [5.74, 6) is -0.107. The van der Waals surface area contributed by atoms with Crippen molar-refractivity contribution in [3.8, 4) is 11.1 Å². The average Bonchev–Trinajstić information content (AvgIpc) is 3.48. The Bertz CT molecular complexity index is 1680. The van der Waals surface area contributed by atoms with E-state index in [9.17, 15) is 14.3 Å². The second-order valence-corrected chi connectivity index (χ2v) is 9.26. The van der Waals surface area contributed by atoms with Gasteiger partial charge in [0, 0.05) is 30.1 Å². The molecule has 5 aromatic rings. The lowest BCUT2D eigenvalue weighted by Gasteiger charge is -2.29. The molecular formula is C27H20ClFN4O2. The topological polar surface area (TPSA) is 72.9 Å². The number of pyridine rings is 1. The van der Waals surface area contributed by atoms with E-state index in [4.69, 9.17) is 11.6 Å². The Kier molecular flexibility index (Phi) is 4.88. The maximum atomic E-state index is 13.8. The van der Waals surface area contributed by atoms with Gasteiger partial charge in [-0.1, -0.05) is 35.9 Å². The molecule has 6 rings (SSSR count). The number of aryl methyl sites for hydroxylation is 3. The van der Waals surface area contributed by atoms with E-state index in [1.165, 1.54) is 18.5 Å². The minimum absolute atomic E-state index is 0.0823. The number of halogens is 2. The standard InChI is InChI=1S/C27H20ClFN4O2/c1-32-15-30-31-26(32)27(35,18-5-7-21(29)8-6-18)19-11-17-9-10-33-24(34)14-22(23(13-19)25(17)33)16-3-2-4-20(28)12-16/h2-8,11-15,35H,9-10H2,1H3. The third-order valence-electron chi connectivity index (χ3n) is 6.74. The van der Waals surface area contributed by atoms with Gasteiger partial charge in [0.1, 0.15) is 12.1 Å². The Hall–Kier alpha value is -3.81. The van der Waals surface area contributed by atoms with E-state index in [0.717, 1.165) is 27.6 Å². The molecule has 1 atom stereocenters. The van der Waals surface area contributed by atoms with E-state index in [-0.39, 0.29) is 5.56 Å². The van der Waals surface area contributed by atoms with Crippen LogP contribution in [0.15, 0.2) is 77.9 Å². The van der Waals surface area contributed by atoms with Gasteiger partial charge in [0.25, 0.3) is 5.56 Å². The number of rotatable bonds is 4. The SMILES string of the molecule is Cn1cnnc1C(O)(c1ccc(F)cc1)c1cc2c3c(c1)c(-c1cccc(Cl)c1)cc(=O)n3CC2. The molecular weight excluding hydrogens is 467 g/mol. The summed E-state index contributed by atoms with van der Waals surface area (Å²) in [5.41, 5.74) is 2.54. The molecule has 3 aromatic carbocycles. The molecule has 1 unspecified atom stereocenters. The lowest BCUT2D eigenvalue weighted by atomic mass is 9.83. The van der Waals surface area contributed by atoms with Crippen molar-refractivity contribution in [1.82, 2.24) is 19.3 Å². The Balaban J connectivity index is 1.70. The summed E-state index contributed by atoms with van der Waals surface area (Å²) in [5, 5.41) is 21.9. The van der Waals surface area contributed by atoms with Crippen LogP contribution in [-0.2, 0) is 25.6 Å². The van der Waals surface area contributed by atoms with Crippen molar-refractivity contribution in [2.75, 3.05) is 0 Å². The molecule has 0 radical (unpaired) electrons. The van der Waals surface area contributed by atoms with Crippen LogP contribution in [0.5, 0.6) is 0 Å². The molecule has 6 nitrogen and oxygen atoms in total. The molecule has 1 aliphatic rings. The summed E-state index contributed by atoms with van der Waals surface area (Å²) in [7, 11) is 1.75. The van der Waals surface area contributed by atoms with Crippen LogP contribution < -0.4 is 5.56 Å². The fourth-order valence-corrected chi connectivity index (χ4v) is 5.27. The van der Waals surface area contributed by atoms with Gasteiger partial charge in [0.15, 0.2) is 11.4 Å². The Morgan fingerprint density at radius 2 is 1.86 bits per heavy atom. The molecule has 0 bridgehead atoms. The van der Waals surface area contributed by atoms with E-state index in [2.05, 4.69) is 10.2 Å². The highest BCUT2D eigenvalue weighted by molar-refractivity contribution is 6.30. The fraction of sp³-hybridized carbons (Fsp3) is 0.148. The minimum atomic E-state index is -1.71. The first-order valence-corrected chi connectivity index (χ1v) is 11.5. The molecule has 0 saturated heterocycles. The molecule has 0 fully saturated rings. The lowest BCUT2D eigenvalue weighted by molar-refractivity contribution is 0.112. The van der Waals surface area contributed by atoms with E-state index in [1.54, 1.807) is 40.4 Å². The number of benzene rings is 3. The van der Waals surface area contributed by atoms with Gasteiger partial charge in [-0.25, -0.2) is 4.39 Å². The quantitative estimate of drug-likeness (QED) is 0.408. The van der Waals surface area contributed by atoms with E-state index in [0.29, 0.717) is 34.9 Å². The van der Waals surface area contributed by atoms with Gasteiger partial charge in [0.2, 0.25) is 0 Å². The van der Waals surface area contributed by atoms with Crippen molar-refractivity contribution in [2.24, 2.45) is 7.05 Å². The number of hydrogen-bond donors (Lipinski definition) is 1. The molecule has 2 aromatic heterocycles. The third-order valence-corrected chi connectivity index (χ3v) is 6.97. The van der Waals surface area contributed by atoms with Crippen molar-refractivity contribution in [3.63, 3.8) is 0 Å². The van der Waals surface area contributed by atoms with Crippen molar-refractivity contribution in [3.05, 3.63) is 117 Å². The zero-order valence-electron chi connectivity index (χ0n) is 18.7. The summed E-state index contributed by atoms with van der Waals surface area (Å²) in [6.45, 7) is 0.558. The number of hydrogen-bond acceptors (Lipinski definition) is 4. The van der Waals surface area contributed by atoms with Crippen LogP contribution >= 0.6 is 11.6 Å². The molecule has 35 heavy (non-hydrogen) atoms. The molecule has 8 heteroatoms. The van der Waals surface area contributed by atoms with E-state index < -0.39 is 11.4 Å². The summed E-state index contributed by atoms with van der Waals surface area (Å²) in [4.78, 5) is 13.0. The summed E-state index contributed by atoms with van der Waals surface area (Å²) in [6, 6.07) is 18.5. The Labute approximate surface area is 204 Å². The first-order valence-electron chi connectivity index (χ1n) is 11.2. The highest BCUT2D eigenvalue weighted by Crippen LogP contribution is 2.41. The molecule has 1 aliphatic heterocycles. The van der Waals surface area contributed by atoms with Gasteiger partial charge in [0.05, 0.1) is 5.52 Å². The summed E-state index contributed by atoms with van der Waals surface area (Å²) < 4.78 is 17.2. The van der Waals surface area contributed by atoms with Gasteiger partial charge in [-0.15, -0.1) is 10.2 Å². The summed E-state index contributed by atoms with van der Waals surface area (Å²) in [6.07, 6.45) is 2.16. The number of aromatic nitrogens is 4. The zero-order chi connectivity index (χ0) is 24.3. The second-order valence-electron chi connectivity index (χ2n) is 8.82. The van der Waals surface area contributed by atoms with Gasteiger partial charge in [-0.05, 0) is 70.6 Å². The predicted molar refractivity (Wildman–Crippen MR) is 132 cm³/mol. The van der Waals surface area contributed by atoms with Gasteiger partial charge in [-0.3, -0.25) is 4.79 Å². The fourth-order valence-electron chi connectivity index (χ4n) is 5.08. The first-order chi connectivity index (χ1) is 16.9. The highest BCUT2D eigenvalue weighted by atomic mass is 35.5. The van der Waals surface area contributed by atoms with Gasteiger partial charge >= 0.3 is 0 Å². The minimum Gasteiger partial charge on any atom is -0.373 e. The lowest BCUT2D eigenvalue weighted by Crippen LogP contribution is -2.32. The van der Waals surface area contributed by atoms with Crippen molar-refractivity contribution in [2.45, 2.75) is 18.6 Å². The molecule has 0 saturated carbocycles. The van der Waals surface area contributed by atoms with Gasteiger partial charge < -0.3 is 14.2 Å². The molecule has 0 amide bonds. The number of aliphatic hydroxyl groups is 1. The Morgan fingerprint density at radius 1 is 1.06 bits per heavy atom. The summed E-state index contributed by atoms with van der Waals surface area (Å²) >= 11 is 6.27. The smallest absolute Gasteiger partial charge is 0.251 e. The van der Waals surface area contributed by atoms with Crippen LogP contribution in [0.3, 0.4) is 0 Å². The van der Waals surface area contributed by atoms with Crippen LogP contribution in [0, 0.1) is 5.82 Å². The average molecular weight is 487 g/mol. The molecule has 0 aliphatic carbocycles. The normalized spacial score (nSPS) is 14.4. The molecule has 1 N–H and O–H groups in total. The van der Waals surface area contributed by atoms with Crippen LogP contribution in [0.1, 0.15) is 22.5 Å². The second kappa shape index (κ2) is 7.86. The van der Waals surface area contributed by atoms with Gasteiger partial charge in [-0.2, -0.15) is 0 Å². The van der Waals surface area contributed by atoms with E-state index in [1.807, 2.05) is 30.3 Å². The monoisotopic (exact) mass is 486 g/mol. The van der Waals surface area contributed by atoms with Crippen molar-refractivity contribution >= 4 is 22.5 Å². The largest absolute Gasteiger partial charge is 0.373 e. The predicted octanol–water partition coefficient (Wildman–Crippen LogP) is 4.43. The maximum absolute atomic E-state index is 13.8. The molecule has 0 spiro atoms. The van der Waals surface area contributed by atoms with E-state index >= 15 is 0 Å². The molecule has 174 valence electrons. The van der Waals surface area contributed by atoms with Crippen LogP contribution in [0.4, 0.5) is 4.39 Å². The van der Waals surface area contributed by atoms with Crippen molar-refractivity contribution in [1.29, 1.82) is 0 Å². The third kappa shape index (κ3) is 3.31.